The maximum atomic E-state index is 5.12. The third-order valence-corrected chi connectivity index (χ3v) is 1.91. The number of allylic oxidation sites excluding steroid dienone is 4. The van der Waals surface area contributed by atoms with E-state index in [1.54, 1.807) is 7.11 Å². The lowest BCUT2D eigenvalue weighted by molar-refractivity contribution is 0.287. The maximum absolute atomic E-state index is 5.12. The molecule has 0 radical (unpaired) electrons. The van der Waals surface area contributed by atoms with E-state index in [1.807, 2.05) is 19.1 Å². The van der Waals surface area contributed by atoms with Crippen molar-refractivity contribution in [1.82, 2.24) is 0 Å². The van der Waals surface area contributed by atoms with Gasteiger partial charge in [-0.25, -0.2) is 9.98 Å². The first-order valence-electron chi connectivity index (χ1n) is 3.87. The van der Waals surface area contributed by atoms with Crippen LogP contribution in [0.5, 0.6) is 0 Å². The summed E-state index contributed by atoms with van der Waals surface area (Å²) in [7, 11) is 1.67. The van der Waals surface area contributed by atoms with Crippen LogP contribution in [0.3, 0.4) is 0 Å². The Balaban J connectivity index is 2.31. The van der Waals surface area contributed by atoms with Crippen LogP contribution in [0.4, 0.5) is 0 Å². The Morgan fingerprint density at radius 1 is 1.33 bits per heavy atom. The third-order valence-electron chi connectivity index (χ3n) is 1.91. The van der Waals surface area contributed by atoms with Crippen LogP contribution in [0.25, 0.3) is 0 Å². The monoisotopic (exact) mass is 162 g/mol. The molecule has 0 aromatic heterocycles. The number of methoxy groups -OCH3 is 1. The largest absolute Gasteiger partial charge is 0.501 e. The van der Waals surface area contributed by atoms with Gasteiger partial charge in [-0.05, 0) is 19.1 Å². The van der Waals surface area contributed by atoms with Crippen molar-refractivity contribution in [3.8, 4) is 0 Å². The van der Waals surface area contributed by atoms with Crippen LogP contribution < -0.4 is 0 Å². The van der Waals surface area contributed by atoms with Crippen LogP contribution >= 0.6 is 0 Å². The van der Waals surface area contributed by atoms with E-state index in [9.17, 15) is 0 Å². The standard InChI is InChI=1S/C9H10N2O/c1-6-10-8-4-3-7(12-2)5-9(8)11-6/h3-4H,5H2,1-2H3. The molecule has 1 aliphatic heterocycles. The van der Waals surface area contributed by atoms with Gasteiger partial charge < -0.3 is 4.74 Å². The number of amidine groups is 1. The Hall–Kier alpha value is -1.38. The Morgan fingerprint density at radius 3 is 2.92 bits per heavy atom. The van der Waals surface area contributed by atoms with E-state index in [1.165, 1.54) is 0 Å². The quantitative estimate of drug-likeness (QED) is 0.577. The lowest BCUT2D eigenvalue weighted by atomic mass is 10.1. The Morgan fingerprint density at radius 2 is 2.17 bits per heavy atom. The molecule has 1 heterocycles. The molecule has 0 atom stereocenters. The molecule has 0 fully saturated rings. The van der Waals surface area contributed by atoms with Crippen molar-refractivity contribution in [2.45, 2.75) is 13.3 Å². The topological polar surface area (TPSA) is 34.0 Å². The molecule has 1 aliphatic carbocycles. The number of hydrogen-bond acceptors (Lipinski definition) is 3. The molecule has 0 spiro atoms. The van der Waals surface area contributed by atoms with E-state index in [0.717, 1.165) is 29.4 Å². The van der Waals surface area contributed by atoms with Gasteiger partial charge in [-0.2, -0.15) is 0 Å². The Labute approximate surface area is 71.2 Å². The third kappa shape index (κ3) is 1.07. The fourth-order valence-corrected chi connectivity index (χ4v) is 1.32. The number of aliphatic imine (C=N–C) groups is 2. The normalized spacial score (nSPS) is 20.5. The highest BCUT2D eigenvalue weighted by atomic mass is 16.5. The molecule has 0 N–H and O–H groups in total. The van der Waals surface area contributed by atoms with Gasteiger partial charge in [0.25, 0.3) is 0 Å². The molecule has 2 rings (SSSR count). The van der Waals surface area contributed by atoms with Crippen molar-refractivity contribution in [3.63, 3.8) is 0 Å². The highest BCUT2D eigenvalue weighted by Gasteiger charge is 2.18. The first kappa shape index (κ1) is 7.28. The molecule has 0 saturated heterocycles. The summed E-state index contributed by atoms with van der Waals surface area (Å²) in [5, 5.41) is 0. The second-order valence-electron chi connectivity index (χ2n) is 2.78. The minimum atomic E-state index is 0.767. The predicted molar refractivity (Wildman–Crippen MR) is 48.3 cm³/mol. The lowest BCUT2D eigenvalue weighted by Gasteiger charge is -2.09. The van der Waals surface area contributed by atoms with Gasteiger partial charge in [0.1, 0.15) is 11.6 Å². The molecule has 3 nitrogen and oxygen atoms in total. The Bertz CT molecular complexity index is 334. The van der Waals surface area contributed by atoms with Gasteiger partial charge in [-0.1, -0.05) is 0 Å². The molecule has 0 unspecified atom stereocenters. The van der Waals surface area contributed by atoms with E-state index in [-0.39, 0.29) is 0 Å². The SMILES string of the molecule is COC1=CC=C2N=C(C)N=C2C1. The zero-order chi connectivity index (χ0) is 8.55. The van der Waals surface area contributed by atoms with Crippen molar-refractivity contribution in [3.05, 3.63) is 23.6 Å². The van der Waals surface area contributed by atoms with Crippen molar-refractivity contribution in [1.29, 1.82) is 0 Å². The highest BCUT2D eigenvalue weighted by Crippen LogP contribution is 2.21. The number of nitrogens with zero attached hydrogens (tertiary/aromatic N) is 2. The number of hydrogen-bond donors (Lipinski definition) is 0. The number of fused-ring (bicyclic) bond motifs is 1. The van der Waals surface area contributed by atoms with Crippen molar-refractivity contribution < 1.29 is 4.74 Å². The number of rotatable bonds is 1. The lowest BCUT2D eigenvalue weighted by Crippen LogP contribution is -2.05. The van der Waals surface area contributed by atoms with Gasteiger partial charge in [0.2, 0.25) is 0 Å². The molecule has 12 heavy (non-hydrogen) atoms. The average molecular weight is 162 g/mol. The van der Waals surface area contributed by atoms with Crippen molar-refractivity contribution in [2.75, 3.05) is 7.11 Å². The van der Waals surface area contributed by atoms with Gasteiger partial charge >= 0.3 is 0 Å². The van der Waals surface area contributed by atoms with Gasteiger partial charge in [-0.3, -0.25) is 0 Å². The van der Waals surface area contributed by atoms with Gasteiger partial charge in [0.05, 0.1) is 18.5 Å². The average Bonchev–Trinajstić information content (AvgIpc) is 2.43. The van der Waals surface area contributed by atoms with Crippen molar-refractivity contribution in [2.24, 2.45) is 9.98 Å². The summed E-state index contributed by atoms with van der Waals surface area (Å²) in [6, 6.07) is 0. The first-order chi connectivity index (χ1) is 5.79. The van der Waals surface area contributed by atoms with Crippen LogP contribution in [0.2, 0.25) is 0 Å². The first-order valence-corrected chi connectivity index (χ1v) is 3.87. The molecule has 0 amide bonds. The van der Waals surface area contributed by atoms with Crippen LogP contribution in [0, 0.1) is 0 Å². The second kappa shape index (κ2) is 2.59. The number of ether oxygens (including phenoxy) is 1. The summed E-state index contributed by atoms with van der Waals surface area (Å²) in [4.78, 5) is 8.54. The fourth-order valence-electron chi connectivity index (χ4n) is 1.32. The van der Waals surface area contributed by atoms with Crippen LogP contribution in [-0.2, 0) is 4.74 Å². The second-order valence-corrected chi connectivity index (χ2v) is 2.78. The van der Waals surface area contributed by atoms with Gasteiger partial charge in [0, 0.05) is 6.42 Å². The van der Waals surface area contributed by atoms with E-state index in [0.29, 0.717) is 0 Å². The van der Waals surface area contributed by atoms with E-state index in [2.05, 4.69) is 9.98 Å². The smallest absolute Gasteiger partial charge is 0.126 e. The molecule has 0 saturated carbocycles. The summed E-state index contributed by atoms with van der Waals surface area (Å²) in [6.07, 6.45) is 4.65. The van der Waals surface area contributed by atoms with Crippen molar-refractivity contribution >= 4 is 11.5 Å². The maximum Gasteiger partial charge on any atom is 0.126 e. The van der Waals surface area contributed by atoms with Crippen LogP contribution in [0.1, 0.15) is 13.3 Å². The molecule has 0 bridgehead atoms. The van der Waals surface area contributed by atoms with Gasteiger partial charge in [-0.15, -0.1) is 0 Å². The fraction of sp³-hybridized carbons (Fsp3) is 0.333. The molecular formula is C9H10N2O. The highest BCUT2D eigenvalue weighted by molar-refractivity contribution is 6.13. The molecule has 0 aromatic carbocycles. The zero-order valence-electron chi connectivity index (χ0n) is 7.16. The minimum Gasteiger partial charge on any atom is -0.501 e. The Kier molecular flexibility index (Phi) is 1.57. The molecule has 2 aliphatic rings. The van der Waals surface area contributed by atoms with Gasteiger partial charge in [0.15, 0.2) is 0 Å². The van der Waals surface area contributed by atoms with E-state index < -0.39 is 0 Å². The predicted octanol–water partition coefficient (Wildman–Crippen LogP) is 1.68. The summed E-state index contributed by atoms with van der Waals surface area (Å²) in [5.41, 5.74) is 2.00. The molecule has 0 aromatic rings. The van der Waals surface area contributed by atoms with Crippen LogP contribution in [0.15, 0.2) is 33.6 Å². The zero-order valence-corrected chi connectivity index (χ0v) is 7.16. The molecule has 62 valence electrons. The summed E-state index contributed by atoms with van der Waals surface area (Å²) in [6.45, 7) is 1.90. The summed E-state index contributed by atoms with van der Waals surface area (Å²) in [5.74, 6) is 1.78. The summed E-state index contributed by atoms with van der Waals surface area (Å²) >= 11 is 0. The molecular weight excluding hydrogens is 152 g/mol. The molecule has 3 heteroatoms. The van der Waals surface area contributed by atoms with E-state index in [4.69, 9.17) is 4.74 Å². The van der Waals surface area contributed by atoms with Crippen LogP contribution in [-0.4, -0.2) is 18.7 Å². The van der Waals surface area contributed by atoms with E-state index >= 15 is 0 Å². The minimum absolute atomic E-state index is 0.767. The summed E-state index contributed by atoms with van der Waals surface area (Å²) < 4.78 is 5.12.